The number of carbonyl (C=O) groups is 1. The molecule has 4 rings (SSSR count). The first kappa shape index (κ1) is 20.9. The van der Waals surface area contributed by atoms with E-state index in [4.69, 9.17) is 5.10 Å². The van der Waals surface area contributed by atoms with Crippen LogP contribution in [0.1, 0.15) is 33.5 Å². The summed E-state index contributed by atoms with van der Waals surface area (Å²) in [6.45, 7) is 2.87. The van der Waals surface area contributed by atoms with Gasteiger partial charge in [0, 0.05) is 19.0 Å². The molecule has 0 unspecified atom stereocenters. The summed E-state index contributed by atoms with van der Waals surface area (Å²) in [6.07, 6.45) is 2.37. The van der Waals surface area contributed by atoms with E-state index in [0.717, 1.165) is 35.5 Å². The van der Waals surface area contributed by atoms with Crippen LogP contribution in [0.15, 0.2) is 83.0 Å². The number of nitrogens with one attached hydrogen (secondary N) is 1. The summed E-state index contributed by atoms with van der Waals surface area (Å²) in [5, 5.41) is 21.7. The second-order valence-electron chi connectivity index (χ2n) is 7.35. The topological polar surface area (TPSA) is 100 Å². The molecule has 0 atom stereocenters. The van der Waals surface area contributed by atoms with Crippen molar-refractivity contribution in [3.05, 3.63) is 105 Å². The zero-order chi connectivity index (χ0) is 22.5. The largest absolute Gasteiger partial charge is 0.282 e. The predicted molar refractivity (Wildman–Crippen MR) is 124 cm³/mol. The maximum absolute atomic E-state index is 12.2. The van der Waals surface area contributed by atoms with Crippen LogP contribution >= 0.6 is 0 Å². The molecule has 0 radical (unpaired) electrons. The van der Waals surface area contributed by atoms with Crippen molar-refractivity contribution in [3.63, 3.8) is 0 Å². The highest BCUT2D eigenvalue weighted by molar-refractivity contribution is 6.02. The first-order valence-electron chi connectivity index (χ1n) is 10.1. The van der Waals surface area contributed by atoms with Crippen LogP contribution < -0.4 is 10.4 Å². The molecule has 0 aromatic heterocycles. The number of hydrogen-bond acceptors (Lipinski definition) is 6. The third-order valence-corrected chi connectivity index (χ3v) is 5.10. The van der Waals surface area contributed by atoms with Crippen molar-refractivity contribution in [2.75, 3.05) is 11.6 Å². The number of nitrogens with zero attached hydrogens (tertiary/aromatic N) is 4. The van der Waals surface area contributed by atoms with Crippen LogP contribution in [0, 0.1) is 17.0 Å². The predicted octanol–water partition coefficient (Wildman–Crippen LogP) is 4.28. The summed E-state index contributed by atoms with van der Waals surface area (Å²) in [5.41, 5.74) is 7.19. The first-order chi connectivity index (χ1) is 15.5. The average Bonchev–Trinajstić information content (AvgIpc) is 3.30. The molecule has 32 heavy (non-hydrogen) atoms. The lowest BCUT2D eigenvalue weighted by Gasteiger charge is -2.13. The van der Waals surface area contributed by atoms with Gasteiger partial charge in [0.2, 0.25) is 0 Å². The number of nitro benzene ring substituents is 1. The van der Waals surface area contributed by atoms with Gasteiger partial charge in [-0.25, -0.2) is 5.43 Å². The summed E-state index contributed by atoms with van der Waals surface area (Å²) >= 11 is 0. The molecule has 0 saturated carbocycles. The number of amides is 1. The SMILES string of the molecule is Cc1ccc(C2=NN(c3ccc(/C=N/NC(=O)c4ccccc4[N+](=O)[O-])cc3)CC2)cc1. The molecule has 1 heterocycles. The Hall–Kier alpha value is -4.33. The Labute approximate surface area is 185 Å². The summed E-state index contributed by atoms with van der Waals surface area (Å²) in [5.74, 6) is -0.639. The van der Waals surface area contributed by atoms with Crippen LogP contribution in [0.2, 0.25) is 0 Å². The normalized spacial score (nSPS) is 13.3. The van der Waals surface area contributed by atoms with Crippen molar-refractivity contribution in [2.24, 2.45) is 10.2 Å². The fourth-order valence-electron chi connectivity index (χ4n) is 3.38. The Morgan fingerprint density at radius 2 is 1.81 bits per heavy atom. The molecule has 1 N–H and O–H groups in total. The average molecular weight is 427 g/mol. The second kappa shape index (κ2) is 9.22. The number of aryl methyl sites for hydroxylation is 1. The molecule has 8 heteroatoms. The van der Waals surface area contributed by atoms with Crippen LogP contribution in [0.25, 0.3) is 0 Å². The number of anilines is 1. The summed E-state index contributed by atoms with van der Waals surface area (Å²) < 4.78 is 0. The smallest absolute Gasteiger partial charge is 0.267 e. The van der Waals surface area contributed by atoms with Crippen LogP contribution in [-0.4, -0.2) is 29.3 Å². The van der Waals surface area contributed by atoms with Crippen LogP contribution in [0.5, 0.6) is 0 Å². The van der Waals surface area contributed by atoms with E-state index in [1.54, 1.807) is 6.07 Å². The minimum Gasteiger partial charge on any atom is -0.267 e. The van der Waals surface area contributed by atoms with Crippen molar-refractivity contribution in [2.45, 2.75) is 13.3 Å². The van der Waals surface area contributed by atoms with E-state index in [2.05, 4.69) is 41.7 Å². The molecular formula is C24H21N5O3. The van der Waals surface area contributed by atoms with E-state index in [-0.39, 0.29) is 11.3 Å². The molecule has 3 aromatic carbocycles. The van der Waals surface area contributed by atoms with Gasteiger partial charge in [-0.1, -0.05) is 54.1 Å². The van der Waals surface area contributed by atoms with Crippen LogP contribution in [-0.2, 0) is 0 Å². The monoisotopic (exact) mass is 427 g/mol. The van der Waals surface area contributed by atoms with E-state index < -0.39 is 10.8 Å². The summed E-state index contributed by atoms with van der Waals surface area (Å²) in [4.78, 5) is 22.7. The zero-order valence-corrected chi connectivity index (χ0v) is 17.4. The van der Waals surface area contributed by atoms with Crippen LogP contribution in [0.4, 0.5) is 11.4 Å². The van der Waals surface area contributed by atoms with Gasteiger partial charge in [-0.3, -0.25) is 19.9 Å². The fourth-order valence-corrected chi connectivity index (χ4v) is 3.38. The molecule has 0 spiro atoms. The third-order valence-electron chi connectivity index (χ3n) is 5.10. The van der Waals surface area contributed by atoms with Gasteiger partial charge in [0.05, 0.1) is 22.5 Å². The zero-order valence-electron chi connectivity index (χ0n) is 17.4. The van der Waals surface area contributed by atoms with E-state index in [0.29, 0.717) is 0 Å². The molecule has 1 aliphatic heterocycles. The molecule has 8 nitrogen and oxygen atoms in total. The van der Waals surface area contributed by atoms with Gasteiger partial charge in [-0.2, -0.15) is 10.2 Å². The quantitative estimate of drug-likeness (QED) is 0.360. The van der Waals surface area contributed by atoms with Gasteiger partial charge in [0.15, 0.2) is 0 Å². The molecule has 0 fully saturated rings. The number of para-hydroxylation sites is 1. The van der Waals surface area contributed by atoms with Crippen molar-refractivity contribution >= 4 is 29.2 Å². The van der Waals surface area contributed by atoms with E-state index >= 15 is 0 Å². The summed E-state index contributed by atoms with van der Waals surface area (Å²) in [7, 11) is 0. The van der Waals surface area contributed by atoms with Gasteiger partial charge in [0.1, 0.15) is 5.56 Å². The van der Waals surface area contributed by atoms with Crippen molar-refractivity contribution < 1.29 is 9.72 Å². The number of benzene rings is 3. The lowest BCUT2D eigenvalue weighted by Crippen LogP contribution is -2.19. The number of nitro groups is 1. The van der Waals surface area contributed by atoms with Crippen molar-refractivity contribution in [1.82, 2.24) is 5.43 Å². The van der Waals surface area contributed by atoms with Gasteiger partial charge in [0.25, 0.3) is 11.6 Å². The van der Waals surface area contributed by atoms with Crippen molar-refractivity contribution in [3.8, 4) is 0 Å². The maximum atomic E-state index is 12.2. The molecule has 0 aliphatic carbocycles. The Kier molecular flexibility index (Phi) is 6.03. The van der Waals surface area contributed by atoms with Gasteiger partial charge in [-0.05, 0) is 36.2 Å². The first-order valence-corrected chi connectivity index (χ1v) is 10.1. The molecule has 160 valence electrons. The summed E-state index contributed by atoms with van der Waals surface area (Å²) in [6, 6.07) is 21.7. The van der Waals surface area contributed by atoms with E-state index in [1.807, 2.05) is 29.3 Å². The molecule has 0 saturated heterocycles. The molecular weight excluding hydrogens is 406 g/mol. The lowest BCUT2D eigenvalue weighted by molar-refractivity contribution is -0.385. The lowest BCUT2D eigenvalue weighted by atomic mass is 10.1. The Bertz CT molecular complexity index is 1200. The van der Waals surface area contributed by atoms with Gasteiger partial charge >= 0.3 is 0 Å². The maximum Gasteiger partial charge on any atom is 0.282 e. The van der Waals surface area contributed by atoms with Gasteiger partial charge < -0.3 is 0 Å². The van der Waals surface area contributed by atoms with E-state index in [1.165, 1.54) is 30.0 Å². The molecule has 1 amide bonds. The number of carbonyl (C=O) groups excluding carboxylic acids is 1. The standard InChI is InChI=1S/C24H21N5O3/c1-17-6-10-19(11-7-17)22-14-15-28(27-22)20-12-8-18(9-13-20)16-25-26-24(30)21-4-2-3-5-23(21)29(31)32/h2-13,16H,14-15H2,1H3,(H,26,30)/b25-16+. The van der Waals surface area contributed by atoms with Gasteiger partial charge in [-0.15, -0.1) is 0 Å². The molecule has 3 aromatic rings. The fraction of sp³-hybridized carbons (Fsp3) is 0.125. The number of rotatable bonds is 6. The van der Waals surface area contributed by atoms with E-state index in [9.17, 15) is 14.9 Å². The number of hydrazone groups is 2. The highest BCUT2D eigenvalue weighted by Crippen LogP contribution is 2.22. The number of hydrogen-bond donors (Lipinski definition) is 1. The molecule has 0 bridgehead atoms. The molecule has 1 aliphatic rings. The highest BCUT2D eigenvalue weighted by atomic mass is 16.6. The third kappa shape index (κ3) is 4.70. The van der Waals surface area contributed by atoms with Crippen molar-refractivity contribution in [1.29, 1.82) is 0 Å². The van der Waals surface area contributed by atoms with Crippen LogP contribution in [0.3, 0.4) is 0 Å². The Morgan fingerprint density at radius 3 is 2.53 bits per heavy atom. The Morgan fingerprint density at radius 1 is 1.09 bits per heavy atom. The second-order valence-corrected chi connectivity index (χ2v) is 7.35. The highest BCUT2D eigenvalue weighted by Gasteiger charge is 2.19. The Balaban J connectivity index is 1.39. The minimum atomic E-state index is -0.639. The minimum absolute atomic E-state index is 0.0405.